The summed E-state index contributed by atoms with van der Waals surface area (Å²) in [7, 11) is 2.17. The Bertz CT molecular complexity index is 564. The topological polar surface area (TPSA) is 26.8 Å². The smallest absolute Gasteiger partial charge is 0.223 e. The maximum atomic E-state index is 12.7. The molecular formula is C21H33N3O. The minimum absolute atomic E-state index is 0.226. The standard InChI is InChI=1S/C21H33N3O/c1-5-12-24(17-20-9-7-6-8-18(20)2)21(25)11-10-19(3)23-15-13-22(4)14-16-23/h5-9,19H,1,10-17H2,2-4H3/t19-/m1/s1. The lowest BCUT2D eigenvalue weighted by Gasteiger charge is -2.36. The number of piperazine rings is 1. The van der Waals surface area contributed by atoms with Crippen LogP contribution in [0, 0.1) is 6.92 Å². The van der Waals surface area contributed by atoms with E-state index >= 15 is 0 Å². The number of nitrogens with zero attached hydrogens (tertiary/aromatic N) is 3. The maximum absolute atomic E-state index is 12.7. The third-order valence-electron chi connectivity index (χ3n) is 5.26. The van der Waals surface area contributed by atoms with Gasteiger partial charge in [-0.15, -0.1) is 6.58 Å². The molecule has 0 radical (unpaired) electrons. The van der Waals surface area contributed by atoms with Crippen LogP contribution >= 0.6 is 0 Å². The molecule has 0 aromatic heterocycles. The van der Waals surface area contributed by atoms with Gasteiger partial charge in [0.05, 0.1) is 0 Å². The molecule has 25 heavy (non-hydrogen) atoms. The zero-order valence-corrected chi connectivity index (χ0v) is 16.1. The van der Waals surface area contributed by atoms with Gasteiger partial charge >= 0.3 is 0 Å². The van der Waals surface area contributed by atoms with E-state index in [4.69, 9.17) is 0 Å². The predicted octanol–water partition coefficient (Wildman–Crippen LogP) is 2.93. The average Bonchev–Trinajstić information content (AvgIpc) is 2.61. The summed E-state index contributed by atoms with van der Waals surface area (Å²) in [5.74, 6) is 0.226. The number of rotatable bonds is 8. The van der Waals surface area contributed by atoms with Crippen LogP contribution in [-0.4, -0.2) is 66.4 Å². The molecule has 0 N–H and O–H groups in total. The molecule has 0 saturated carbocycles. The van der Waals surface area contributed by atoms with Gasteiger partial charge in [0.25, 0.3) is 0 Å². The Kier molecular flexibility index (Phi) is 7.66. The highest BCUT2D eigenvalue weighted by molar-refractivity contribution is 5.76. The number of carbonyl (C=O) groups excluding carboxylic acids is 1. The first-order valence-corrected chi connectivity index (χ1v) is 9.37. The second-order valence-corrected chi connectivity index (χ2v) is 7.22. The van der Waals surface area contributed by atoms with Crippen molar-refractivity contribution in [2.75, 3.05) is 39.8 Å². The Balaban J connectivity index is 1.87. The van der Waals surface area contributed by atoms with Gasteiger partial charge in [-0.05, 0) is 38.4 Å². The predicted molar refractivity (Wildman–Crippen MR) is 105 cm³/mol. The van der Waals surface area contributed by atoms with Crippen molar-refractivity contribution in [3.05, 3.63) is 48.0 Å². The maximum Gasteiger partial charge on any atom is 0.223 e. The molecule has 4 heteroatoms. The van der Waals surface area contributed by atoms with Crippen LogP contribution < -0.4 is 0 Å². The van der Waals surface area contributed by atoms with Crippen molar-refractivity contribution in [2.24, 2.45) is 0 Å². The first-order chi connectivity index (χ1) is 12.0. The third-order valence-corrected chi connectivity index (χ3v) is 5.26. The van der Waals surface area contributed by atoms with Crippen LogP contribution in [0.3, 0.4) is 0 Å². The van der Waals surface area contributed by atoms with Gasteiger partial charge in [-0.2, -0.15) is 0 Å². The number of hydrogen-bond acceptors (Lipinski definition) is 3. The summed E-state index contributed by atoms with van der Waals surface area (Å²) in [5, 5.41) is 0. The minimum atomic E-state index is 0.226. The fourth-order valence-electron chi connectivity index (χ4n) is 3.34. The van der Waals surface area contributed by atoms with Gasteiger partial charge in [0.1, 0.15) is 0 Å². The number of amides is 1. The fraction of sp³-hybridized carbons (Fsp3) is 0.571. The van der Waals surface area contributed by atoms with Crippen LogP contribution in [0.15, 0.2) is 36.9 Å². The van der Waals surface area contributed by atoms with Crippen molar-refractivity contribution in [1.29, 1.82) is 0 Å². The van der Waals surface area contributed by atoms with Crippen molar-refractivity contribution in [2.45, 2.75) is 39.3 Å². The fourth-order valence-corrected chi connectivity index (χ4v) is 3.34. The molecule has 1 aromatic carbocycles. The Morgan fingerprint density at radius 3 is 2.60 bits per heavy atom. The summed E-state index contributed by atoms with van der Waals surface area (Å²) in [4.78, 5) is 19.5. The van der Waals surface area contributed by atoms with Crippen LogP contribution in [0.5, 0.6) is 0 Å². The quantitative estimate of drug-likeness (QED) is 0.679. The van der Waals surface area contributed by atoms with E-state index in [1.54, 1.807) is 0 Å². The SMILES string of the molecule is C=CCN(Cc1ccccc1C)C(=O)CC[C@@H](C)N1CCN(C)CC1. The van der Waals surface area contributed by atoms with E-state index in [-0.39, 0.29) is 5.91 Å². The molecular weight excluding hydrogens is 310 g/mol. The highest BCUT2D eigenvalue weighted by atomic mass is 16.2. The zero-order chi connectivity index (χ0) is 18.2. The molecule has 0 unspecified atom stereocenters. The van der Waals surface area contributed by atoms with Crippen molar-refractivity contribution in [3.63, 3.8) is 0 Å². The monoisotopic (exact) mass is 343 g/mol. The van der Waals surface area contributed by atoms with Gasteiger partial charge in [-0.1, -0.05) is 30.3 Å². The Morgan fingerprint density at radius 1 is 1.28 bits per heavy atom. The molecule has 0 aliphatic carbocycles. The lowest BCUT2D eigenvalue weighted by molar-refractivity contribution is -0.131. The number of carbonyl (C=O) groups is 1. The van der Waals surface area contributed by atoms with E-state index in [0.29, 0.717) is 25.6 Å². The number of aryl methyl sites for hydroxylation is 1. The van der Waals surface area contributed by atoms with E-state index in [9.17, 15) is 4.79 Å². The van der Waals surface area contributed by atoms with Crippen LogP contribution in [-0.2, 0) is 11.3 Å². The highest BCUT2D eigenvalue weighted by Gasteiger charge is 2.21. The molecule has 1 aliphatic rings. The second kappa shape index (κ2) is 9.73. The Hall–Kier alpha value is -1.65. The molecule has 1 aromatic rings. The van der Waals surface area contributed by atoms with Crippen LogP contribution in [0.25, 0.3) is 0 Å². The molecule has 4 nitrogen and oxygen atoms in total. The summed E-state index contributed by atoms with van der Waals surface area (Å²) in [6.45, 7) is 13.9. The summed E-state index contributed by atoms with van der Waals surface area (Å²) >= 11 is 0. The zero-order valence-electron chi connectivity index (χ0n) is 16.1. The van der Waals surface area contributed by atoms with Crippen LogP contribution in [0.1, 0.15) is 30.9 Å². The first-order valence-electron chi connectivity index (χ1n) is 9.37. The summed E-state index contributed by atoms with van der Waals surface area (Å²) in [6.07, 6.45) is 3.34. The van der Waals surface area contributed by atoms with E-state index in [0.717, 1.165) is 32.6 Å². The molecule has 0 bridgehead atoms. The first kappa shape index (κ1) is 19.7. The summed E-state index contributed by atoms with van der Waals surface area (Å²) in [6, 6.07) is 8.74. The molecule has 1 amide bonds. The lowest BCUT2D eigenvalue weighted by Crippen LogP contribution is -2.48. The van der Waals surface area contributed by atoms with Gasteiger partial charge < -0.3 is 9.80 Å². The van der Waals surface area contributed by atoms with Gasteiger partial charge in [0, 0.05) is 51.7 Å². The normalized spacial score (nSPS) is 17.2. The van der Waals surface area contributed by atoms with Crippen molar-refractivity contribution in [3.8, 4) is 0 Å². The van der Waals surface area contributed by atoms with E-state index in [1.807, 2.05) is 23.1 Å². The van der Waals surface area contributed by atoms with Gasteiger partial charge in [0.15, 0.2) is 0 Å². The second-order valence-electron chi connectivity index (χ2n) is 7.22. The van der Waals surface area contributed by atoms with E-state index < -0.39 is 0 Å². The lowest BCUT2D eigenvalue weighted by atomic mass is 10.1. The van der Waals surface area contributed by atoms with Gasteiger partial charge in [0.2, 0.25) is 5.91 Å². The van der Waals surface area contributed by atoms with Crippen molar-refractivity contribution >= 4 is 5.91 Å². The molecule has 2 rings (SSSR count). The average molecular weight is 344 g/mol. The molecule has 1 saturated heterocycles. The van der Waals surface area contributed by atoms with Gasteiger partial charge in [-0.25, -0.2) is 0 Å². The van der Waals surface area contributed by atoms with Crippen LogP contribution in [0.4, 0.5) is 0 Å². The third kappa shape index (κ3) is 5.98. The molecule has 1 aliphatic heterocycles. The largest absolute Gasteiger partial charge is 0.335 e. The number of hydrogen-bond donors (Lipinski definition) is 0. The highest BCUT2D eigenvalue weighted by Crippen LogP contribution is 2.14. The summed E-state index contributed by atoms with van der Waals surface area (Å²) in [5.41, 5.74) is 2.44. The van der Waals surface area contributed by atoms with Crippen LogP contribution in [0.2, 0.25) is 0 Å². The van der Waals surface area contributed by atoms with E-state index in [2.05, 4.69) is 49.4 Å². The van der Waals surface area contributed by atoms with Crippen molar-refractivity contribution < 1.29 is 4.79 Å². The molecule has 1 atom stereocenters. The minimum Gasteiger partial charge on any atom is -0.335 e. The molecule has 1 fully saturated rings. The Labute approximate surface area is 153 Å². The molecule has 1 heterocycles. The number of benzene rings is 1. The van der Waals surface area contributed by atoms with Gasteiger partial charge in [-0.3, -0.25) is 9.69 Å². The van der Waals surface area contributed by atoms with E-state index in [1.165, 1.54) is 11.1 Å². The summed E-state index contributed by atoms with van der Waals surface area (Å²) < 4.78 is 0. The Morgan fingerprint density at radius 2 is 1.96 bits per heavy atom. The van der Waals surface area contributed by atoms with Crippen molar-refractivity contribution in [1.82, 2.24) is 14.7 Å². The molecule has 0 spiro atoms. The number of likely N-dealkylation sites (N-methyl/N-ethyl adjacent to an activating group) is 1. The molecule has 138 valence electrons.